The van der Waals surface area contributed by atoms with E-state index in [2.05, 4.69) is 0 Å². The minimum Gasteiger partial charge on any atom is -0.496 e. The summed E-state index contributed by atoms with van der Waals surface area (Å²) in [7, 11) is 6.23. The molecule has 2 aromatic rings. The second kappa shape index (κ2) is 10.1. The van der Waals surface area contributed by atoms with Crippen LogP contribution in [0, 0.1) is 0 Å². The average molecular weight is 450 g/mol. The van der Waals surface area contributed by atoms with Gasteiger partial charge in [-0.15, -0.1) is 0 Å². The number of ether oxygens (including phenoxy) is 4. The molecule has 0 radical (unpaired) electrons. The molecule has 2 unspecified atom stereocenters. The Morgan fingerprint density at radius 2 is 1.65 bits per heavy atom. The summed E-state index contributed by atoms with van der Waals surface area (Å²) in [4.78, 5) is 14.1. The Morgan fingerprint density at radius 3 is 2.26 bits per heavy atom. The van der Waals surface area contributed by atoms with Crippen LogP contribution in [0.2, 0.25) is 5.02 Å². The molecule has 8 heteroatoms. The van der Waals surface area contributed by atoms with E-state index in [9.17, 15) is 9.90 Å². The Balaban J connectivity index is 2.30. The van der Waals surface area contributed by atoms with Crippen molar-refractivity contribution in [3.63, 3.8) is 0 Å². The lowest BCUT2D eigenvalue weighted by Gasteiger charge is -2.40. The first-order chi connectivity index (χ1) is 15.0. The number of hydrogen-bond acceptors (Lipinski definition) is 6. The number of nitrogens with zero attached hydrogens (tertiary/aromatic N) is 1. The van der Waals surface area contributed by atoms with Crippen molar-refractivity contribution in [1.29, 1.82) is 0 Å². The van der Waals surface area contributed by atoms with Gasteiger partial charge in [-0.1, -0.05) is 18.0 Å². The van der Waals surface area contributed by atoms with E-state index in [0.717, 1.165) is 24.0 Å². The number of benzene rings is 2. The summed E-state index contributed by atoms with van der Waals surface area (Å²) in [6, 6.07) is 7.88. The van der Waals surface area contributed by atoms with E-state index in [0.29, 0.717) is 41.0 Å². The number of methoxy groups -OCH3 is 4. The highest BCUT2D eigenvalue weighted by molar-refractivity contribution is 6.30. The van der Waals surface area contributed by atoms with Gasteiger partial charge in [-0.3, -0.25) is 9.69 Å². The molecule has 0 amide bonds. The summed E-state index contributed by atoms with van der Waals surface area (Å²) in [5.74, 6) is 1.19. The number of likely N-dealkylation sites (tertiary alicyclic amines) is 1. The van der Waals surface area contributed by atoms with E-state index in [1.165, 1.54) is 0 Å². The molecular formula is C23H28ClNO6. The van der Waals surface area contributed by atoms with Crippen LogP contribution in [0.1, 0.15) is 36.4 Å². The maximum Gasteiger partial charge on any atom is 0.320 e. The first kappa shape index (κ1) is 23.0. The monoisotopic (exact) mass is 449 g/mol. The van der Waals surface area contributed by atoms with Crippen LogP contribution in [0.4, 0.5) is 0 Å². The lowest BCUT2D eigenvalue weighted by molar-refractivity contribution is -0.145. The van der Waals surface area contributed by atoms with Gasteiger partial charge in [0, 0.05) is 16.1 Å². The zero-order chi connectivity index (χ0) is 22.5. The predicted octanol–water partition coefficient (Wildman–Crippen LogP) is 4.40. The highest BCUT2D eigenvalue weighted by Crippen LogP contribution is 2.48. The van der Waals surface area contributed by atoms with E-state index in [1.54, 1.807) is 46.6 Å². The normalized spacial score (nSPS) is 17.6. The quantitative estimate of drug-likeness (QED) is 0.639. The molecule has 1 aliphatic heterocycles. The summed E-state index contributed by atoms with van der Waals surface area (Å²) in [5, 5.41) is 10.5. The molecule has 1 heterocycles. The number of halogens is 1. The number of rotatable bonds is 8. The highest BCUT2D eigenvalue weighted by atomic mass is 35.5. The van der Waals surface area contributed by atoms with Crippen molar-refractivity contribution >= 4 is 17.6 Å². The van der Waals surface area contributed by atoms with E-state index in [-0.39, 0.29) is 0 Å². The van der Waals surface area contributed by atoms with E-state index in [1.807, 2.05) is 17.0 Å². The maximum atomic E-state index is 12.2. The molecule has 3 rings (SSSR count). The molecule has 0 bridgehead atoms. The fourth-order valence-electron chi connectivity index (χ4n) is 4.31. The standard InChI is InChI=1S/C23H28ClNO6/c1-28-18-10-8-14(24)13-16(18)20(25-12-6-5-7-17(25)23(26)27)15-9-11-19(29-2)22(31-4)21(15)30-3/h8-11,13,17,20H,5-7,12H2,1-4H3,(H,26,27). The van der Waals surface area contributed by atoms with Crippen molar-refractivity contribution in [3.8, 4) is 23.0 Å². The number of carboxylic acids is 1. The van der Waals surface area contributed by atoms with E-state index in [4.69, 9.17) is 30.5 Å². The van der Waals surface area contributed by atoms with Crippen LogP contribution in [-0.2, 0) is 4.79 Å². The number of hydrogen-bond donors (Lipinski definition) is 1. The summed E-state index contributed by atoms with van der Waals surface area (Å²) < 4.78 is 22.4. The largest absolute Gasteiger partial charge is 0.496 e. The molecule has 1 N–H and O–H groups in total. The number of carboxylic acid groups (broad SMARTS) is 1. The summed E-state index contributed by atoms with van der Waals surface area (Å²) >= 11 is 6.36. The first-order valence-corrected chi connectivity index (χ1v) is 10.4. The molecule has 1 saturated heterocycles. The van der Waals surface area contributed by atoms with Gasteiger partial charge in [-0.05, 0) is 49.7 Å². The lowest BCUT2D eigenvalue weighted by atomic mass is 9.90. The fourth-order valence-corrected chi connectivity index (χ4v) is 4.49. The van der Waals surface area contributed by atoms with Crippen molar-refractivity contribution in [2.45, 2.75) is 31.3 Å². The Morgan fingerprint density at radius 1 is 0.968 bits per heavy atom. The van der Waals surface area contributed by atoms with Crippen molar-refractivity contribution in [2.24, 2.45) is 0 Å². The third-order valence-electron chi connectivity index (χ3n) is 5.68. The van der Waals surface area contributed by atoms with Crippen LogP contribution in [0.5, 0.6) is 23.0 Å². The zero-order valence-corrected chi connectivity index (χ0v) is 18.9. The molecule has 1 fully saturated rings. The minimum atomic E-state index is -0.856. The van der Waals surface area contributed by atoms with Gasteiger partial charge in [-0.25, -0.2) is 0 Å². The van der Waals surface area contributed by atoms with Gasteiger partial charge in [0.05, 0.1) is 34.5 Å². The molecule has 2 aromatic carbocycles. The van der Waals surface area contributed by atoms with Crippen molar-refractivity contribution < 1.29 is 28.8 Å². The second-order valence-electron chi connectivity index (χ2n) is 7.30. The molecule has 31 heavy (non-hydrogen) atoms. The number of piperidine rings is 1. The number of aliphatic carboxylic acids is 1. The lowest BCUT2D eigenvalue weighted by Crippen LogP contribution is -2.47. The Labute approximate surface area is 187 Å². The summed E-state index contributed by atoms with van der Waals surface area (Å²) in [6.45, 7) is 0.606. The predicted molar refractivity (Wildman–Crippen MR) is 118 cm³/mol. The summed E-state index contributed by atoms with van der Waals surface area (Å²) in [5.41, 5.74) is 1.50. The van der Waals surface area contributed by atoms with Gasteiger partial charge in [0.25, 0.3) is 0 Å². The van der Waals surface area contributed by atoms with Gasteiger partial charge in [0.2, 0.25) is 5.75 Å². The molecule has 1 aliphatic rings. The minimum absolute atomic E-state index is 0.442. The molecular weight excluding hydrogens is 422 g/mol. The topological polar surface area (TPSA) is 77.5 Å². The van der Waals surface area contributed by atoms with Crippen molar-refractivity contribution in [2.75, 3.05) is 35.0 Å². The van der Waals surface area contributed by atoms with Gasteiger partial charge >= 0.3 is 5.97 Å². The van der Waals surface area contributed by atoms with Gasteiger partial charge in [0.15, 0.2) is 11.5 Å². The molecule has 168 valence electrons. The van der Waals surface area contributed by atoms with Crippen molar-refractivity contribution in [1.82, 2.24) is 4.90 Å². The van der Waals surface area contributed by atoms with Crippen LogP contribution in [0.3, 0.4) is 0 Å². The first-order valence-electron chi connectivity index (χ1n) is 10.1. The Kier molecular flexibility index (Phi) is 7.51. The van der Waals surface area contributed by atoms with Gasteiger partial charge < -0.3 is 24.1 Å². The molecule has 0 spiro atoms. The average Bonchev–Trinajstić information content (AvgIpc) is 2.79. The molecule has 0 saturated carbocycles. The molecule has 2 atom stereocenters. The van der Waals surface area contributed by atoms with Crippen LogP contribution in [0.15, 0.2) is 30.3 Å². The maximum absolute atomic E-state index is 12.2. The third-order valence-corrected chi connectivity index (χ3v) is 5.91. The van der Waals surface area contributed by atoms with Crippen LogP contribution in [0.25, 0.3) is 0 Å². The zero-order valence-electron chi connectivity index (χ0n) is 18.2. The van der Waals surface area contributed by atoms with Gasteiger partial charge in [-0.2, -0.15) is 0 Å². The van der Waals surface area contributed by atoms with Gasteiger partial charge in [0.1, 0.15) is 11.8 Å². The van der Waals surface area contributed by atoms with Crippen molar-refractivity contribution in [3.05, 3.63) is 46.5 Å². The highest BCUT2D eigenvalue weighted by Gasteiger charge is 2.38. The van der Waals surface area contributed by atoms with Crippen LogP contribution in [-0.4, -0.2) is 57.0 Å². The summed E-state index contributed by atoms with van der Waals surface area (Å²) in [6.07, 6.45) is 2.30. The van der Waals surface area contributed by atoms with E-state index >= 15 is 0 Å². The number of carbonyl (C=O) groups is 1. The second-order valence-corrected chi connectivity index (χ2v) is 7.74. The third kappa shape index (κ3) is 4.52. The fraction of sp³-hybridized carbons (Fsp3) is 0.435. The van der Waals surface area contributed by atoms with Crippen LogP contribution < -0.4 is 18.9 Å². The Bertz CT molecular complexity index is 935. The van der Waals surface area contributed by atoms with Crippen LogP contribution >= 0.6 is 11.6 Å². The molecule has 0 aromatic heterocycles. The molecule has 7 nitrogen and oxygen atoms in total. The van der Waals surface area contributed by atoms with E-state index < -0.39 is 18.1 Å². The molecule has 0 aliphatic carbocycles. The SMILES string of the molecule is COc1ccc(Cl)cc1C(c1ccc(OC)c(OC)c1OC)N1CCCCC1C(=O)O. The Hall–Kier alpha value is -2.64. The smallest absolute Gasteiger partial charge is 0.320 e.